The molecule has 3 heteroatoms. The van der Waals surface area contributed by atoms with E-state index in [9.17, 15) is 9.90 Å². The standard InChI is InChI=1S/C13H19NO2/c1-3-9-14(11(2)16)13-8-6-4-5-7-12(13)10-15/h1,15H,4-10H2,2H3. The molecule has 0 unspecified atom stereocenters. The summed E-state index contributed by atoms with van der Waals surface area (Å²) in [5.41, 5.74) is 1.92. The summed E-state index contributed by atoms with van der Waals surface area (Å²) < 4.78 is 0. The summed E-state index contributed by atoms with van der Waals surface area (Å²) in [7, 11) is 0. The van der Waals surface area contributed by atoms with Crippen LogP contribution in [0.4, 0.5) is 0 Å². The van der Waals surface area contributed by atoms with Crippen molar-refractivity contribution < 1.29 is 9.90 Å². The molecule has 0 saturated carbocycles. The number of carbonyl (C=O) groups is 1. The Morgan fingerprint density at radius 1 is 1.44 bits per heavy atom. The molecule has 0 bridgehead atoms. The molecule has 3 nitrogen and oxygen atoms in total. The first-order valence-corrected chi connectivity index (χ1v) is 5.74. The Labute approximate surface area is 97.1 Å². The highest BCUT2D eigenvalue weighted by Crippen LogP contribution is 2.26. The van der Waals surface area contributed by atoms with Crippen molar-refractivity contribution in [2.45, 2.75) is 39.0 Å². The molecule has 0 spiro atoms. The van der Waals surface area contributed by atoms with Crippen molar-refractivity contribution in [1.82, 2.24) is 4.90 Å². The molecule has 1 amide bonds. The molecule has 0 aromatic rings. The number of nitrogens with zero attached hydrogens (tertiary/aromatic N) is 1. The average molecular weight is 221 g/mol. The van der Waals surface area contributed by atoms with Gasteiger partial charge in [-0.3, -0.25) is 4.79 Å². The van der Waals surface area contributed by atoms with Crippen LogP contribution in [0.25, 0.3) is 0 Å². The van der Waals surface area contributed by atoms with Gasteiger partial charge in [-0.1, -0.05) is 12.3 Å². The quantitative estimate of drug-likeness (QED) is 0.737. The largest absolute Gasteiger partial charge is 0.392 e. The number of carbonyl (C=O) groups excluding carboxylic acids is 1. The van der Waals surface area contributed by atoms with Crippen LogP contribution in [-0.2, 0) is 4.79 Å². The number of hydrogen-bond donors (Lipinski definition) is 1. The van der Waals surface area contributed by atoms with E-state index in [2.05, 4.69) is 5.92 Å². The second-order valence-electron chi connectivity index (χ2n) is 4.08. The van der Waals surface area contributed by atoms with Crippen LogP contribution in [-0.4, -0.2) is 29.1 Å². The summed E-state index contributed by atoms with van der Waals surface area (Å²) in [6, 6.07) is 0. The topological polar surface area (TPSA) is 40.5 Å². The van der Waals surface area contributed by atoms with Gasteiger partial charge in [0.25, 0.3) is 0 Å². The Hall–Kier alpha value is -1.27. The van der Waals surface area contributed by atoms with Crippen LogP contribution in [0.3, 0.4) is 0 Å². The van der Waals surface area contributed by atoms with E-state index >= 15 is 0 Å². The fourth-order valence-corrected chi connectivity index (χ4v) is 2.11. The minimum atomic E-state index is -0.0409. The second kappa shape index (κ2) is 6.34. The fourth-order valence-electron chi connectivity index (χ4n) is 2.11. The predicted molar refractivity (Wildman–Crippen MR) is 63.4 cm³/mol. The molecule has 0 aromatic carbocycles. The van der Waals surface area contributed by atoms with Gasteiger partial charge < -0.3 is 10.0 Å². The monoisotopic (exact) mass is 221 g/mol. The van der Waals surface area contributed by atoms with Gasteiger partial charge >= 0.3 is 0 Å². The van der Waals surface area contributed by atoms with Crippen LogP contribution in [0, 0.1) is 12.3 Å². The number of aliphatic hydroxyl groups excluding tert-OH is 1. The number of allylic oxidation sites excluding steroid dienone is 1. The molecule has 0 heterocycles. The van der Waals surface area contributed by atoms with Gasteiger partial charge in [-0.25, -0.2) is 0 Å². The summed E-state index contributed by atoms with van der Waals surface area (Å²) in [6.45, 7) is 1.85. The Morgan fingerprint density at radius 3 is 2.69 bits per heavy atom. The van der Waals surface area contributed by atoms with Crippen LogP contribution >= 0.6 is 0 Å². The first-order chi connectivity index (χ1) is 7.70. The fraction of sp³-hybridized carbons (Fsp3) is 0.615. The lowest BCUT2D eigenvalue weighted by atomic mass is 10.1. The maximum absolute atomic E-state index is 11.5. The van der Waals surface area contributed by atoms with Gasteiger partial charge in [0.15, 0.2) is 0 Å². The van der Waals surface area contributed by atoms with Crippen LogP contribution in [0.15, 0.2) is 11.3 Å². The number of hydrogen-bond acceptors (Lipinski definition) is 2. The third-order valence-corrected chi connectivity index (χ3v) is 2.95. The van der Waals surface area contributed by atoms with E-state index in [0.717, 1.165) is 43.4 Å². The van der Waals surface area contributed by atoms with Crippen molar-refractivity contribution in [3.05, 3.63) is 11.3 Å². The van der Waals surface area contributed by atoms with Gasteiger partial charge in [-0.2, -0.15) is 0 Å². The van der Waals surface area contributed by atoms with Gasteiger partial charge in [-0.05, 0) is 31.3 Å². The predicted octanol–water partition coefficient (Wildman–Crippen LogP) is 1.68. The minimum absolute atomic E-state index is 0.0314. The molecule has 0 fully saturated rings. The smallest absolute Gasteiger partial charge is 0.224 e. The van der Waals surface area contributed by atoms with Crippen molar-refractivity contribution in [3.8, 4) is 12.3 Å². The first kappa shape index (κ1) is 12.8. The molecule has 0 saturated heterocycles. The van der Waals surface area contributed by atoms with E-state index in [1.54, 1.807) is 4.90 Å². The molecule has 1 aliphatic rings. The lowest BCUT2D eigenvalue weighted by Gasteiger charge is -2.24. The van der Waals surface area contributed by atoms with E-state index in [4.69, 9.17) is 6.42 Å². The number of amides is 1. The summed E-state index contributed by atoms with van der Waals surface area (Å²) >= 11 is 0. The molecule has 1 N–H and O–H groups in total. The lowest BCUT2D eigenvalue weighted by molar-refractivity contribution is -0.126. The SMILES string of the molecule is C#CCN(C(C)=O)C1=C(CO)CCCCC1. The van der Waals surface area contributed by atoms with Gasteiger partial charge in [-0.15, -0.1) is 6.42 Å². The zero-order chi connectivity index (χ0) is 12.0. The van der Waals surface area contributed by atoms with Crippen molar-refractivity contribution in [1.29, 1.82) is 0 Å². The third-order valence-electron chi connectivity index (χ3n) is 2.95. The molecular weight excluding hydrogens is 202 g/mol. The molecule has 16 heavy (non-hydrogen) atoms. The van der Waals surface area contributed by atoms with Crippen molar-refractivity contribution in [2.24, 2.45) is 0 Å². The Balaban J connectivity index is 2.97. The average Bonchev–Trinajstić information content (AvgIpc) is 2.50. The van der Waals surface area contributed by atoms with Crippen LogP contribution < -0.4 is 0 Å². The Bertz CT molecular complexity index is 325. The summed E-state index contributed by atoms with van der Waals surface area (Å²) in [5.74, 6) is 2.46. The first-order valence-electron chi connectivity index (χ1n) is 5.74. The summed E-state index contributed by atoms with van der Waals surface area (Å²) in [6.07, 6.45) is 10.3. The summed E-state index contributed by atoms with van der Waals surface area (Å²) in [5, 5.41) is 9.34. The zero-order valence-electron chi connectivity index (χ0n) is 9.83. The van der Waals surface area contributed by atoms with E-state index in [1.165, 1.54) is 6.92 Å². The van der Waals surface area contributed by atoms with Crippen molar-refractivity contribution >= 4 is 5.91 Å². The molecule has 1 rings (SSSR count). The van der Waals surface area contributed by atoms with Gasteiger partial charge in [0.2, 0.25) is 5.91 Å². The van der Waals surface area contributed by atoms with Crippen molar-refractivity contribution in [3.63, 3.8) is 0 Å². The highest BCUT2D eigenvalue weighted by atomic mass is 16.3. The Morgan fingerprint density at radius 2 is 2.12 bits per heavy atom. The zero-order valence-corrected chi connectivity index (χ0v) is 9.83. The minimum Gasteiger partial charge on any atom is -0.392 e. The molecule has 1 aliphatic carbocycles. The summed E-state index contributed by atoms with van der Waals surface area (Å²) in [4.78, 5) is 13.1. The lowest BCUT2D eigenvalue weighted by Crippen LogP contribution is -2.29. The van der Waals surface area contributed by atoms with Gasteiger partial charge in [0, 0.05) is 12.6 Å². The second-order valence-corrected chi connectivity index (χ2v) is 4.08. The van der Waals surface area contributed by atoms with Crippen LogP contribution in [0.5, 0.6) is 0 Å². The normalized spacial score (nSPS) is 16.6. The number of aliphatic hydroxyl groups is 1. The molecule has 88 valence electrons. The third kappa shape index (κ3) is 3.11. The maximum Gasteiger partial charge on any atom is 0.224 e. The van der Waals surface area contributed by atoms with E-state index < -0.39 is 0 Å². The van der Waals surface area contributed by atoms with E-state index in [-0.39, 0.29) is 12.5 Å². The highest BCUT2D eigenvalue weighted by Gasteiger charge is 2.19. The maximum atomic E-state index is 11.5. The molecule has 0 atom stereocenters. The van der Waals surface area contributed by atoms with Crippen LogP contribution in [0.1, 0.15) is 39.0 Å². The van der Waals surface area contributed by atoms with E-state index in [1.807, 2.05) is 0 Å². The van der Waals surface area contributed by atoms with Gasteiger partial charge in [0.1, 0.15) is 0 Å². The Kier molecular flexibility index (Phi) is 5.07. The molecule has 0 aromatic heterocycles. The number of rotatable bonds is 3. The molecular formula is C13H19NO2. The van der Waals surface area contributed by atoms with Crippen molar-refractivity contribution in [2.75, 3.05) is 13.2 Å². The highest BCUT2D eigenvalue weighted by molar-refractivity contribution is 5.75. The van der Waals surface area contributed by atoms with E-state index in [0.29, 0.717) is 6.54 Å². The van der Waals surface area contributed by atoms with Gasteiger partial charge in [0.05, 0.1) is 13.2 Å². The van der Waals surface area contributed by atoms with Crippen LogP contribution in [0.2, 0.25) is 0 Å². The molecule has 0 radical (unpaired) electrons. The number of terminal acetylenes is 1. The molecule has 0 aliphatic heterocycles.